The minimum Gasteiger partial charge on any atom is -0.507 e. The maximum atomic E-state index is 14.7. The van der Waals surface area contributed by atoms with Crippen LogP contribution < -0.4 is 0 Å². The highest BCUT2D eigenvalue weighted by Gasteiger charge is 2.51. The van der Waals surface area contributed by atoms with Crippen LogP contribution in [0.1, 0.15) is 23.6 Å². The number of halogens is 2. The molecule has 0 aliphatic carbocycles. The van der Waals surface area contributed by atoms with Crippen LogP contribution in [0, 0.1) is 5.82 Å². The molecule has 2 aliphatic rings. The number of rotatable bonds is 3. The summed E-state index contributed by atoms with van der Waals surface area (Å²) in [5, 5.41) is 11.3. The number of carbonyl (C=O) groups is 2. The van der Waals surface area contributed by atoms with E-state index in [1.54, 1.807) is 6.07 Å². The van der Waals surface area contributed by atoms with Gasteiger partial charge in [-0.3, -0.25) is 9.59 Å². The van der Waals surface area contributed by atoms with Crippen molar-refractivity contribution in [3.05, 3.63) is 76.1 Å². The van der Waals surface area contributed by atoms with E-state index in [0.29, 0.717) is 5.02 Å². The number of amides is 1. The van der Waals surface area contributed by atoms with Gasteiger partial charge in [0.1, 0.15) is 11.6 Å². The number of hydrogen-bond acceptors (Lipinski definition) is 5. The minimum absolute atomic E-state index is 0.0107. The van der Waals surface area contributed by atoms with Crippen LogP contribution in [-0.4, -0.2) is 47.7 Å². The number of carbonyl (C=O) groups excluding carboxylic acids is 2. The maximum absolute atomic E-state index is 14.7. The summed E-state index contributed by atoms with van der Waals surface area (Å²) in [7, 11) is -3.38. The van der Waals surface area contributed by atoms with Crippen molar-refractivity contribution in [3.63, 3.8) is 0 Å². The van der Waals surface area contributed by atoms with Gasteiger partial charge in [-0.05, 0) is 36.8 Å². The van der Waals surface area contributed by atoms with Gasteiger partial charge in [-0.1, -0.05) is 29.8 Å². The fourth-order valence-corrected chi connectivity index (χ4v) is 5.82. The molecule has 0 radical (unpaired) electrons. The molecule has 2 aliphatic heterocycles. The number of hydrogen-bond donors (Lipinski definition) is 1. The lowest BCUT2D eigenvalue weighted by Gasteiger charge is -2.30. The highest BCUT2D eigenvalue weighted by molar-refractivity contribution is 7.91. The minimum atomic E-state index is -3.38. The molecule has 0 unspecified atom stereocenters. The lowest BCUT2D eigenvalue weighted by atomic mass is 9.94. The second kappa shape index (κ2) is 7.52. The first-order valence-corrected chi connectivity index (χ1v) is 11.4. The first kappa shape index (κ1) is 20.6. The first-order valence-electron chi connectivity index (χ1n) is 9.20. The number of aliphatic hydroxyl groups is 1. The molecule has 0 saturated carbocycles. The zero-order valence-corrected chi connectivity index (χ0v) is 17.2. The Morgan fingerprint density at radius 1 is 1.10 bits per heavy atom. The Kier molecular flexibility index (Phi) is 5.15. The largest absolute Gasteiger partial charge is 0.507 e. The van der Waals surface area contributed by atoms with E-state index in [1.807, 2.05) is 0 Å². The zero-order chi connectivity index (χ0) is 21.6. The summed E-state index contributed by atoms with van der Waals surface area (Å²) in [6.07, 6.45) is 0.140. The maximum Gasteiger partial charge on any atom is 0.295 e. The molecule has 30 heavy (non-hydrogen) atoms. The molecule has 2 saturated heterocycles. The molecule has 0 spiro atoms. The third-order valence-corrected chi connectivity index (χ3v) is 7.40. The number of nitrogens with zero attached hydrogens (tertiary/aromatic N) is 1. The molecular formula is C21H17ClFNO5S. The van der Waals surface area contributed by atoms with Crippen molar-refractivity contribution >= 4 is 38.9 Å². The second-order valence-electron chi connectivity index (χ2n) is 7.29. The molecule has 2 aromatic carbocycles. The van der Waals surface area contributed by atoms with Crippen molar-refractivity contribution in [2.75, 3.05) is 11.5 Å². The van der Waals surface area contributed by atoms with Gasteiger partial charge in [0.05, 0.1) is 23.1 Å². The summed E-state index contributed by atoms with van der Waals surface area (Å²) in [4.78, 5) is 26.9. The Morgan fingerprint density at radius 3 is 2.37 bits per heavy atom. The summed E-state index contributed by atoms with van der Waals surface area (Å²) >= 11 is 5.88. The molecule has 2 heterocycles. The standard InChI is InChI=1S/C21H17ClFNO5S/c22-13-7-5-12(6-8-13)19(25)17-18(15-3-1-2-4-16(15)23)24(21(27)20(17)26)14-9-10-30(28,29)11-14/h1-8,14,18,25H,9-11H2/t14-,18+/m1/s1. The molecule has 2 fully saturated rings. The predicted molar refractivity (Wildman–Crippen MR) is 109 cm³/mol. The fourth-order valence-electron chi connectivity index (χ4n) is 3.99. The number of Topliss-reactive ketones (excluding diaryl/α,β-unsaturated/α-hetero) is 1. The third-order valence-electron chi connectivity index (χ3n) is 5.40. The van der Waals surface area contributed by atoms with Gasteiger partial charge in [0, 0.05) is 22.2 Å². The van der Waals surface area contributed by atoms with Crippen molar-refractivity contribution in [2.45, 2.75) is 18.5 Å². The van der Waals surface area contributed by atoms with Crippen molar-refractivity contribution in [3.8, 4) is 0 Å². The molecule has 2 aromatic rings. The molecule has 1 amide bonds. The number of likely N-dealkylation sites (tertiary alicyclic amines) is 1. The SMILES string of the molecule is O=C1C(=O)N([C@@H]2CCS(=O)(=O)C2)[C@@H](c2ccccc2F)C1=C(O)c1ccc(Cl)cc1. The fraction of sp³-hybridized carbons (Fsp3) is 0.238. The summed E-state index contributed by atoms with van der Waals surface area (Å²) < 4.78 is 38.7. The first-order chi connectivity index (χ1) is 14.2. The summed E-state index contributed by atoms with van der Waals surface area (Å²) in [5.74, 6) is -3.52. The Labute approximate surface area is 177 Å². The van der Waals surface area contributed by atoms with Gasteiger partial charge in [0.2, 0.25) is 0 Å². The zero-order valence-electron chi connectivity index (χ0n) is 15.6. The van der Waals surface area contributed by atoms with Crippen molar-refractivity contribution in [1.82, 2.24) is 4.90 Å². The van der Waals surface area contributed by atoms with Gasteiger partial charge >= 0.3 is 0 Å². The number of aliphatic hydroxyl groups excluding tert-OH is 1. The van der Waals surface area contributed by atoms with Crippen molar-refractivity contribution < 1.29 is 27.5 Å². The highest BCUT2D eigenvalue weighted by Crippen LogP contribution is 2.43. The van der Waals surface area contributed by atoms with Gasteiger partial charge in [-0.25, -0.2) is 12.8 Å². The second-order valence-corrected chi connectivity index (χ2v) is 9.96. The molecule has 4 rings (SSSR count). The van der Waals surface area contributed by atoms with Crippen molar-refractivity contribution in [1.29, 1.82) is 0 Å². The van der Waals surface area contributed by atoms with Crippen LogP contribution in [0.2, 0.25) is 5.02 Å². The molecule has 0 aromatic heterocycles. The van der Waals surface area contributed by atoms with E-state index in [1.165, 1.54) is 42.5 Å². The van der Waals surface area contributed by atoms with Gasteiger partial charge in [-0.2, -0.15) is 0 Å². The van der Waals surface area contributed by atoms with E-state index in [0.717, 1.165) is 4.90 Å². The number of benzene rings is 2. The Balaban J connectivity index is 1.91. The molecule has 0 bridgehead atoms. The summed E-state index contributed by atoms with van der Waals surface area (Å²) in [6.45, 7) is 0. The number of ketones is 1. The lowest BCUT2D eigenvalue weighted by molar-refractivity contribution is -0.141. The topological polar surface area (TPSA) is 91.8 Å². The average Bonchev–Trinajstić information content (AvgIpc) is 3.19. The molecule has 2 atom stereocenters. The van der Waals surface area contributed by atoms with Crippen molar-refractivity contribution in [2.24, 2.45) is 0 Å². The Morgan fingerprint density at radius 2 is 1.77 bits per heavy atom. The predicted octanol–water partition coefficient (Wildman–Crippen LogP) is 3.09. The average molecular weight is 450 g/mol. The van der Waals surface area contributed by atoms with Crippen LogP contribution in [0.15, 0.2) is 54.1 Å². The van der Waals surface area contributed by atoms with Crippen LogP contribution in [0.25, 0.3) is 5.76 Å². The number of sulfone groups is 1. The summed E-state index contributed by atoms with van der Waals surface area (Å²) in [5.41, 5.74) is -0.0361. The Bertz CT molecular complexity index is 1180. The van der Waals surface area contributed by atoms with Crippen LogP contribution in [0.4, 0.5) is 4.39 Å². The van der Waals surface area contributed by atoms with E-state index < -0.39 is 45.2 Å². The van der Waals surface area contributed by atoms with Gasteiger partial charge in [0.15, 0.2) is 9.84 Å². The smallest absolute Gasteiger partial charge is 0.295 e. The molecule has 6 nitrogen and oxygen atoms in total. The van der Waals surface area contributed by atoms with Gasteiger partial charge in [0.25, 0.3) is 11.7 Å². The van der Waals surface area contributed by atoms with Crippen LogP contribution >= 0.6 is 11.6 Å². The van der Waals surface area contributed by atoms with E-state index in [2.05, 4.69) is 0 Å². The van der Waals surface area contributed by atoms with E-state index in [4.69, 9.17) is 11.6 Å². The highest BCUT2D eigenvalue weighted by atomic mass is 35.5. The third kappa shape index (κ3) is 3.50. The van der Waals surface area contributed by atoms with E-state index in [9.17, 15) is 27.5 Å². The van der Waals surface area contributed by atoms with Gasteiger partial charge < -0.3 is 10.0 Å². The molecule has 1 N–H and O–H groups in total. The van der Waals surface area contributed by atoms with Crippen LogP contribution in [-0.2, 0) is 19.4 Å². The molecule has 9 heteroatoms. The van der Waals surface area contributed by atoms with Crippen LogP contribution in [0.5, 0.6) is 0 Å². The van der Waals surface area contributed by atoms with Crippen LogP contribution in [0.3, 0.4) is 0 Å². The molecular weight excluding hydrogens is 433 g/mol. The lowest BCUT2D eigenvalue weighted by Crippen LogP contribution is -2.40. The summed E-state index contributed by atoms with van der Waals surface area (Å²) in [6, 6.07) is 9.55. The Hall–Kier alpha value is -2.71. The molecule has 156 valence electrons. The monoisotopic (exact) mass is 449 g/mol. The van der Waals surface area contributed by atoms with E-state index in [-0.39, 0.29) is 34.6 Å². The van der Waals surface area contributed by atoms with E-state index >= 15 is 0 Å². The normalized spacial score (nSPS) is 25.1. The van der Waals surface area contributed by atoms with Gasteiger partial charge in [-0.15, -0.1) is 0 Å². The quantitative estimate of drug-likeness (QED) is 0.441.